The number of rotatable bonds is 2. The Hall–Kier alpha value is -2.69. The van der Waals surface area contributed by atoms with E-state index in [1.807, 2.05) is 32.9 Å². The van der Waals surface area contributed by atoms with Gasteiger partial charge in [-0.05, 0) is 58.3 Å². The number of aryl methyl sites for hydroxylation is 3. The van der Waals surface area contributed by atoms with Crippen molar-refractivity contribution in [2.24, 2.45) is 0 Å². The minimum Gasteiger partial charge on any atom is -0.284 e. The predicted octanol–water partition coefficient (Wildman–Crippen LogP) is 5.96. The van der Waals surface area contributed by atoms with Gasteiger partial charge in [0.25, 0.3) is 0 Å². The maximum Gasteiger partial charge on any atom is 0.418 e. The molecule has 1 N–H and O–H groups in total. The van der Waals surface area contributed by atoms with E-state index in [0.29, 0.717) is 15.9 Å². The smallest absolute Gasteiger partial charge is 0.284 e. The molecule has 1 aliphatic carbocycles. The summed E-state index contributed by atoms with van der Waals surface area (Å²) in [5.74, 6) is 0. The van der Waals surface area contributed by atoms with Gasteiger partial charge in [0.05, 0.1) is 11.3 Å². The van der Waals surface area contributed by atoms with Crippen LogP contribution in [0.15, 0.2) is 71.6 Å². The standard InChI is InChI=1S/C22H19F3NO2P/c1-13-11-14(2)19(15(3)12-13)21(27)29-18-9-5-4-7-16(18)20-17(22(23,24)25)8-6-10-26(20)28/h4-12,28H,1-3H3. The number of hydrogen-bond donors (Lipinski definition) is 1. The molecule has 2 aliphatic rings. The van der Waals surface area contributed by atoms with Gasteiger partial charge in [-0.2, -0.15) is 13.2 Å². The summed E-state index contributed by atoms with van der Waals surface area (Å²) in [5, 5.41) is 11.0. The van der Waals surface area contributed by atoms with Gasteiger partial charge in [-0.1, -0.05) is 35.9 Å². The molecule has 0 fully saturated rings. The van der Waals surface area contributed by atoms with E-state index in [2.05, 4.69) is 0 Å². The van der Waals surface area contributed by atoms with Gasteiger partial charge in [0.2, 0.25) is 5.52 Å². The van der Waals surface area contributed by atoms with Crippen LogP contribution in [-0.4, -0.2) is 27.3 Å². The van der Waals surface area contributed by atoms with Crippen molar-refractivity contribution in [1.29, 1.82) is 0 Å². The van der Waals surface area contributed by atoms with E-state index < -0.39 is 17.4 Å². The average Bonchev–Trinajstić information content (AvgIpc) is 2.60. The molecule has 0 saturated carbocycles. The summed E-state index contributed by atoms with van der Waals surface area (Å²) in [4.78, 5) is 13.0. The zero-order valence-electron chi connectivity index (χ0n) is 16.1. The quantitative estimate of drug-likeness (QED) is 0.604. The van der Waals surface area contributed by atoms with Crippen molar-refractivity contribution in [2.45, 2.75) is 26.9 Å². The van der Waals surface area contributed by atoms with Crippen molar-refractivity contribution in [3.63, 3.8) is 0 Å². The van der Waals surface area contributed by atoms with E-state index in [-0.39, 0.29) is 19.3 Å². The normalized spacial score (nSPS) is 20.4. The minimum atomic E-state index is -4.65. The summed E-state index contributed by atoms with van der Waals surface area (Å²) in [7, 11) is 0.232. The van der Waals surface area contributed by atoms with E-state index >= 15 is 0 Å². The van der Waals surface area contributed by atoms with Crippen LogP contribution >= 0.6 is 8.20 Å². The lowest BCUT2D eigenvalue weighted by molar-refractivity contribution is -0.0997. The largest absolute Gasteiger partial charge is 0.418 e. The van der Waals surface area contributed by atoms with E-state index in [1.54, 1.807) is 18.2 Å². The maximum absolute atomic E-state index is 13.5. The molecular weight excluding hydrogens is 398 g/mol. The number of halogens is 3. The van der Waals surface area contributed by atoms with Crippen LogP contribution in [0.4, 0.5) is 13.2 Å². The van der Waals surface area contributed by atoms with Crippen molar-refractivity contribution >= 4 is 19.0 Å². The van der Waals surface area contributed by atoms with Crippen LogP contribution < -0.4 is 0 Å². The van der Waals surface area contributed by atoms with Gasteiger partial charge < -0.3 is 0 Å². The summed E-state index contributed by atoms with van der Waals surface area (Å²) in [5.41, 5.74) is 1.83. The fourth-order valence-electron chi connectivity index (χ4n) is 3.45. The topological polar surface area (TPSA) is 40.5 Å². The highest BCUT2D eigenvalue weighted by molar-refractivity contribution is 7.60. The van der Waals surface area contributed by atoms with Gasteiger partial charge in [0.1, 0.15) is 0 Å². The van der Waals surface area contributed by atoms with Gasteiger partial charge in [0, 0.05) is 22.6 Å². The van der Waals surface area contributed by atoms with Crippen LogP contribution in [0.3, 0.4) is 0 Å². The van der Waals surface area contributed by atoms with Crippen LogP contribution in [0.25, 0.3) is 0 Å². The first-order valence-electron chi connectivity index (χ1n) is 8.84. The number of nitrogens with zero attached hydrogens (tertiary/aromatic N) is 1. The highest BCUT2D eigenvalue weighted by atomic mass is 31.1. The molecule has 1 aliphatic heterocycles. The average molecular weight is 417 g/mol. The van der Waals surface area contributed by atoms with Gasteiger partial charge in [0.15, 0.2) is 0 Å². The highest BCUT2D eigenvalue weighted by Crippen LogP contribution is 2.38. The molecule has 3 nitrogen and oxygen atoms in total. The van der Waals surface area contributed by atoms with Gasteiger partial charge in [-0.3, -0.25) is 10.0 Å². The summed E-state index contributed by atoms with van der Waals surface area (Å²) in [6, 6.07) is 3.81. The van der Waals surface area contributed by atoms with Gasteiger partial charge >= 0.3 is 6.18 Å². The third-order valence-corrected chi connectivity index (χ3v) is 5.61. The Morgan fingerprint density at radius 2 is 1.66 bits per heavy atom. The van der Waals surface area contributed by atoms with E-state index in [1.165, 1.54) is 6.08 Å². The van der Waals surface area contributed by atoms with Gasteiger partial charge in [-0.15, -0.1) is 0 Å². The Bertz CT molecular complexity index is 1030. The zero-order valence-corrected chi connectivity index (χ0v) is 17.0. The van der Waals surface area contributed by atoms with E-state index in [9.17, 15) is 23.2 Å². The molecule has 150 valence electrons. The molecule has 0 radical (unpaired) electrons. The Morgan fingerprint density at radius 3 is 2.28 bits per heavy atom. The van der Waals surface area contributed by atoms with Gasteiger partial charge in [-0.25, -0.2) is 5.06 Å². The molecule has 3 rings (SSSR count). The van der Waals surface area contributed by atoms with Crippen LogP contribution in [0.2, 0.25) is 0 Å². The molecule has 1 aromatic rings. The molecule has 0 atom stereocenters. The minimum absolute atomic E-state index is 0.153. The molecular formula is C22H19F3NO2P. The molecule has 7 heteroatoms. The van der Waals surface area contributed by atoms with E-state index in [4.69, 9.17) is 0 Å². The van der Waals surface area contributed by atoms with Crippen LogP contribution in [0.1, 0.15) is 27.0 Å². The van der Waals surface area contributed by atoms with Crippen molar-refractivity contribution in [3.05, 3.63) is 93.9 Å². The lowest BCUT2D eigenvalue weighted by Crippen LogP contribution is -2.27. The first-order chi connectivity index (χ1) is 13.6. The third kappa shape index (κ3) is 4.34. The molecule has 1 heterocycles. The lowest BCUT2D eigenvalue weighted by Gasteiger charge is -2.26. The predicted molar refractivity (Wildman–Crippen MR) is 109 cm³/mol. The summed E-state index contributed by atoms with van der Waals surface area (Å²) >= 11 is 0. The summed E-state index contributed by atoms with van der Waals surface area (Å²) in [6.07, 6.45) is 4.82. The molecule has 29 heavy (non-hydrogen) atoms. The number of allylic oxidation sites excluding steroid dienone is 8. The number of carbonyl (C=O) groups is 1. The van der Waals surface area contributed by atoms with Crippen LogP contribution in [-0.2, 0) is 0 Å². The second kappa shape index (κ2) is 7.97. The van der Waals surface area contributed by atoms with Crippen molar-refractivity contribution < 1.29 is 23.2 Å². The fourth-order valence-corrected chi connectivity index (χ4v) is 4.59. The van der Waals surface area contributed by atoms with Crippen molar-refractivity contribution in [2.75, 3.05) is 0 Å². The monoisotopic (exact) mass is 417 g/mol. The Morgan fingerprint density at radius 1 is 1.03 bits per heavy atom. The molecule has 0 spiro atoms. The van der Waals surface area contributed by atoms with Crippen molar-refractivity contribution in [3.8, 4) is 0 Å². The SMILES string of the molecule is Cc1cc(C)c(C(=O)P=C2C=CC=CC2=C2C(C(F)(F)F)=CC=CN2O)c(C)c1. The first-order valence-corrected chi connectivity index (χ1v) is 9.73. The Labute approximate surface area is 168 Å². The highest BCUT2D eigenvalue weighted by Gasteiger charge is 2.40. The molecule has 0 aromatic heterocycles. The maximum atomic E-state index is 13.5. The lowest BCUT2D eigenvalue weighted by atomic mass is 9.98. The Balaban J connectivity index is 2.14. The zero-order chi connectivity index (χ0) is 21.3. The van der Waals surface area contributed by atoms with Crippen LogP contribution in [0, 0.1) is 20.8 Å². The first kappa shape index (κ1) is 21.0. The second-order valence-electron chi connectivity index (χ2n) is 6.82. The molecule has 0 bridgehead atoms. The molecule has 0 amide bonds. The number of alkyl halides is 3. The number of carbonyl (C=O) groups excluding carboxylic acids is 1. The molecule has 0 saturated heterocycles. The fraction of sp³-hybridized carbons (Fsp3) is 0.182. The molecule has 0 unspecified atom stereocenters. The summed E-state index contributed by atoms with van der Waals surface area (Å²) in [6.45, 7) is 5.62. The number of benzene rings is 1. The number of hydroxylamine groups is 2. The summed E-state index contributed by atoms with van der Waals surface area (Å²) < 4.78 is 40.6. The van der Waals surface area contributed by atoms with Crippen LogP contribution in [0.5, 0.6) is 0 Å². The molecule has 1 aromatic carbocycles. The Kier molecular flexibility index (Phi) is 5.78. The third-order valence-electron chi connectivity index (χ3n) is 4.55. The van der Waals surface area contributed by atoms with E-state index in [0.717, 1.165) is 35.0 Å². The second-order valence-corrected chi connectivity index (χ2v) is 7.93. The van der Waals surface area contributed by atoms with Crippen molar-refractivity contribution in [1.82, 2.24) is 5.06 Å². The number of hydrogen-bond acceptors (Lipinski definition) is 3.